The molecule has 0 amide bonds. The molecule has 2 aromatic rings. The van der Waals surface area contributed by atoms with Crippen molar-refractivity contribution in [1.29, 1.82) is 5.26 Å². The van der Waals surface area contributed by atoms with E-state index >= 15 is 0 Å². The van der Waals surface area contributed by atoms with Crippen LogP contribution in [0.5, 0.6) is 17.2 Å². The van der Waals surface area contributed by atoms with E-state index in [0.29, 0.717) is 29.4 Å². The summed E-state index contributed by atoms with van der Waals surface area (Å²) in [6.45, 7) is 2.75. The Labute approximate surface area is 118 Å². The Balaban J connectivity index is 2.12. The van der Waals surface area contributed by atoms with Crippen LogP contribution in [0.3, 0.4) is 0 Å². The van der Waals surface area contributed by atoms with Gasteiger partial charge in [-0.1, -0.05) is 6.92 Å². The molecule has 2 N–H and O–H groups in total. The van der Waals surface area contributed by atoms with Crippen LogP contribution in [0.25, 0.3) is 0 Å². The summed E-state index contributed by atoms with van der Waals surface area (Å²) in [7, 11) is 0. The molecule has 0 aliphatic rings. The number of ether oxygens (including phenoxy) is 2. The molecule has 0 radical (unpaired) electrons. The topological polar surface area (TPSA) is 68.3 Å². The predicted octanol–water partition coefficient (Wildman–Crippen LogP) is 3.72. The summed E-state index contributed by atoms with van der Waals surface area (Å²) in [5, 5.41) is 8.87. The Bertz CT molecular complexity index is 615. The minimum Gasteiger partial charge on any atom is -0.494 e. The molecule has 0 aromatic heterocycles. The zero-order valence-corrected chi connectivity index (χ0v) is 11.3. The number of anilines is 1. The zero-order valence-electron chi connectivity index (χ0n) is 11.3. The summed E-state index contributed by atoms with van der Waals surface area (Å²) >= 11 is 0. The summed E-state index contributed by atoms with van der Waals surface area (Å²) in [6, 6.07) is 14.3. The van der Waals surface area contributed by atoms with Crippen molar-refractivity contribution in [1.82, 2.24) is 0 Å². The first-order valence-corrected chi connectivity index (χ1v) is 6.43. The summed E-state index contributed by atoms with van der Waals surface area (Å²) in [5.41, 5.74) is 6.84. The highest BCUT2D eigenvalue weighted by molar-refractivity contribution is 5.57. The van der Waals surface area contributed by atoms with Crippen LogP contribution >= 0.6 is 0 Å². The van der Waals surface area contributed by atoms with Gasteiger partial charge in [-0.2, -0.15) is 5.26 Å². The molecule has 0 saturated carbocycles. The van der Waals surface area contributed by atoms with Crippen molar-refractivity contribution in [2.45, 2.75) is 13.3 Å². The van der Waals surface area contributed by atoms with Gasteiger partial charge in [0.1, 0.15) is 11.5 Å². The Kier molecular flexibility index (Phi) is 4.46. The number of nitrogens with two attached hydrogens (primary N) is 1. The van der Waals surface area contributed by atoms with Gasteiger partial charge < -0.3 is 15.2 Å². The van der Waals surface area contributed by atoms with Crippen LogP contribution in [0.1, 0.15) is 18.9 Å². The van der Waals surface area contributed by atoms with Gasteiger partial charge in [0.2, 0.25) is 0 Å². The molecular formula is C16H16N2O2. The number of rotatable bonds is 5. The average molecular weight is 268 g/mol. The molecule has 0 atom stereocenters. The number of hydrogen-bond acceptors (Lipinski definition) is 4. The minimum atomic E-state index is 0.478. The number of nitriles is 1. The summed E-state index contributed by atoms with van der Waals surface area (Å²) < 4.78 is 11.2. The second-order valence-corrected chi connectivity index (χ2v) is 4.29. The Morgan fingerprint density at radius 1 is 1.10 bits per heavy atom. The van der Waals surface area contributed by atoms with E-state index in [-0.39, 0.29) is 0 Å². The van der Waals surface area contributed by atoms with Crippen molar-refractivity contribution in [2.24, 2.45) is 0 Å². The highest BCUT2D eigenvalue weighted by atomic mass is 16.5. The van der Waals surface area contributed by atoms with E-state index < -0.39 is 0 Å². The van der Waals surface area contributed by atoms with Crippen molar-refractivity contribution in [3.8, 4) is 23.3 Å². The highest BCUT2D eigenvalue weighted by Crippen LogP contribution is 2.29. The molecule has 0 bridgehead atoms. The maximum atomic E-state index is 8.87. The summed E-state index contributed by atoms with van der Waals surface area (Å²) in [4.78, 5) is 0. The number of benzene rings is 2. The quantitative estimate of drug-likeness (QED) is 0.839. The van der Waals surface area contributed by atoms with E-state index in [0.717, 1.165) is 12.2 Å². The second-order valence-electron chi connectivity index (χ2n) is 4.29. The van der Waals surface area contributed by atoms with Crippen LogP contribution in [0.15, 0.2) is 42.5 Å². The lowest BCUT2D eigenvalue weighted by Gasteiger charge is -2.10. The maximum Gasteiger partial charge on any atom is 0.151 e. The van der Waals surface area contributed by atoms with Crippen LogP contribution in [0, 0.1) is 11.3 Å². The fraction of sp³-hybridized carbons (Fsp3) is 0.188. The summed E-state index contributed by atoms with van der Waals surface area (Å²) in [5.74, 6) is 1.93. The van der Waals surface area contributed by atoms with Crippen molar-refractivity contribution in [2.75, 3.05) is 12.3 Å². The first-order valence-electron chi connectivity index (χ1n) is 6.43. The molecule has 4 nitrogen and oxygen atoms in total. The van der Waals surface area contributed by atoms with Gasteiger partial charge in [-0.25, -0.2) is 0 Å². The van der Waals surface area contributed by atoms with Crippen molar-refractivity contribution in [3.63, 3.8) is 0 Å². The van der Waals surface area contributed by atoms with E-state index in [9.17, 15) is 0 Å². The van der Waals surface area contributed by atoms with Crippen molar-refractivity contribution < 1.29 is 9.47 Å². The first kappa shape index (κ1) is 13.8. The normalized spacial score (nSPS) is 9.80. The van der Waals surface area contributed by atoms with Crippen LogP contribution < -0.4 is 15.2 Å². The monoisotopic (exact) mass is 268 g/mol. The molecule has 0 spiro atoms. The standard InChI is InChI=1S/C16H16N2O2/c1-2-9-19-13-4-6-14(7-5-13)20-16-10-12(11-17)3-8-15(16)18/h3-8,10H,2,9,18H2,1H3. The molecular weight excluding hydrogens is 252 g/mol. The van der Waals surface area contributed by atoms with Crippen LogP contribution in [-0.4, -0.2) is 6.61 Å². The fourth-order valence-electron chi connectivity index (χ4n) is 1.64. The predicted molar refractivity (Wildman–Crippen MR) is 77.9 cm³/mol. The molecule has 4 heteroatoms. The molecule has 2 rings (SSSR count). The van der Waals surface area contributed by atoms with E-state index in [4.69, 9.17) is 20.5 Å². The van der Waals surface area contributed by atoms with Gasteiger partial charge in [-0.3, -0.25) is 0 Å². The van der Waals surface area contributed by atoms with Gasteiger partial charge in [0, 0.05) is 6.07 Å². The lowest BCUT2D eigenvalue weighted by Crippen LogP contribution is -1.95. The zero-order chi connectivity index (χ0) is 14.4. The molecule has 0 saturated heterocycles. The van der Waals surface area contributed by atoms with E-state index in [1.165, 1.54) is 0 Å². The molecule has 0 fully saturated rings. The fourth-order valence-corrected chi connectivity index (χ4v) is 1.64. The summed E-state index contributed by atoms with van der Waals surface area (Å²) in [6.07, 6.45) is 0.968. The largest absolute Gasteiger partial charge is 0.494 e. The Hall–Kier alpha value is -2.67. The highest BCUT2D eigenvalue weighted by Gasteiger charge is 2.04. The third-order valence-electron chi connectivity index (χ3n) is 2.67. The Morgan fingerprint density at radius 2 is 1.80 bits per heavy atom. The maximum absolute atomic E-state index is 8.87. The van der Waals surface area contributed by atoms with Gasteiger partial charge in [0.15, 0.2) is 5.75 Å². The second kappa shape index (κ2) is 6.48. The molecule has 20 heavy (non-hydrogen) atoms. The SMILES string of the molecule is CCCOc1ccc(Oc2cc(C#N)ccc2N)cc1. The van der Waals surface area contributed by atoms with Crippen molar-refractivity contribution >= 4 is 5.69 Å². The van der Waals surface area contributed by atoms with E-state index in [1.807, 2.05) is 24.3 Å². The number of hydrogen-bond donors (Lipinski definition) is 1. The number of nitrogen functional groups attached to an aromatic ring is 1. The molecule has 102 valence electrons. The van der Waals surface area contributed by atoms with Crippen LogP contribution in [-0.2, 0) is 0 Å². The van der Waals surface area contributed by atoms with Crippen LogP contribution in [0.4, 0.5) is 5.69 Å². The smallest absolute Gasteiger partial charge is 0.151 e. The van der Waals surface area contributed by atoms with Gasteiger partial charge in [0.25, 0.3) is 0 Å². The van der Waals surface area contributed by atoms with Gasteiger partial charge in [-0.15, -0.1) is 0 Å². The van der Waals surface area contributed by atoms with Gasteiger partial charge >= 0.3 is 0 Å². The molecule has 0 aliphatic heterocycles. The van der Waals surface area contributed by atoms with E-state index in [2.05, 4.69) is 13.0 Å². The Morgan fingerprint density at radius 3 is 2.45 bits per heavy atom. The van der Waals surface area contributed by atoms with E-state index in [1.54, 1.807) is 18.2 Å². The lowest BCUT2D eigenvalue weighted by atomic mass is 10.2. The third-order valence-corrected chi connectivity index (χ3v) is 2.67. The molecule has 0 aliphatic carbocycles. The van der Waals surface area contributed by atoms with Gasteiger partial charge in [-0.05, 0) is 42.8 Å². The van der Waals surface area contributed by atoms with Crippen LogP contribution in [0.2, 0.25) is 0 Å². The number of nitrogens with zero attached hydrogens (tertiary/aromatic N) is 1. The molecule has 2 aromatic carbocycles. The molecule has 0 heterocycles. The third kappa shape index (κ3) is 3.42. The van der Waals surface area contributed by atoms with Crippen molar-refractivity contribution in [3.05, 3.63) is 48.0 Å². The van der Waals surface area contributed by atoms with Gasteiger partial charge in [0.05, 0.1) is 23.9 Å². The first-order chi connectivity index (χ1) is 9.72. The lowest BCUT2D eigenvalue weighted by molar-refractivity contribution is 0.317. The minimum absolute atomic E-state index is 0.478. The average Bonchev–Trinajstić information content (AvgIpc) is 2.49. The molecule has 0 unspecified atom stereocenters.